The highest BCUT2D eigenvalue weighted by Gasteiger charge is 2.16. The number of hydrogen-bond acceptors (Lipinski definition) is 3. The van der Waals surface area contributed by atoms with Gasteiger partial charge in [0.2, 0.25) is 0 Å². The van der Waals surface area contributed by atoms with Crippen LogP contribution in [0.15, 0.2) is 0 Å². The van der Waals surface area contributed by atoms with E-state index in [-0.39, 0.29) is 6.61 Å². The lowest BCUT2D eigenvalue weighted by molar-refractivity contribution is -0.150. The predicted molar refractivity (Wildman–Crippen MR) is 59.5 cm³/mol. The number of hydrogen-bond donors (Lipinski definition) is 1. The van der Waals surface area contributed by atoms with Crippen LogP contribution in [0, 0.1) is 0 Å². The van der Waals surface area contributed by atoms with E-state index in [2.05, 4.69) is 5.10 Å². The minimum absolute atomic E-state index is 0.149. The fraction of sp³-hybridized carbons (Fsp3) is 0.600. The third-order valence-electron chi connectivity index (χ3n) is 2.32. The van der Waals surface area contributed by atoms with Gasteiger partial charge >= 0.3 is 5.97 Å². The van der Waals surface area contributed by atoms with E-state index in [0.717, 1.165) is 12.1 Å². The molecule has 6 heteroatoms. The summed E-state index contributed by atoms with van der Waals surface area (Å²) >= 11 is 6.08. The lowest BCUT2D eigenvalue weighted by atomic mass is 10.3. The molecule has 0 aliphatic rings. The quantitative estimate of drug-likeness (QED) is 0.858. The number of carboxylic acids is 1. The molecule has 1 unspecified atom stereocenters. The van der Waals surface area contributed by atoms with Gasteiger partial charge in [0, 0.05) is 7.05 Å². The van der Waals surface area contributed by atoms with Gasteiger partial charge in [0.25, 0.3) is 0 Å². The Morgan fingerprint density at radius 2 is 2.31 bits per heavy atom. The van der Waals surface area contributed by atoms with Crippen molar-refractivity contribution >= 4 is 17.6 Å². The number of aryl methyl sites for hydroxylation is 2. The van der Waals surface area contributed by atoms with E-state index in [9.17, 15) is 4.79 Å². The molecule has 1 rings (SSSR count). The van der Waals surface area contributed by atoms with Crippen molar-refractivity contribution in [1.29, 1.82) is 0 Å². The van der Waals surface area contributed by atoms with E-state index >= 15 is 0 Å². The molecule has 0 saturated heterocycles. The summed E-state index contributed by atoms with van der Waals surface area (Å²) in [4.78, 5) is 10.6. The summed E-state index contributed by atoms with van der Waals surface area (Å²) in [5, 5.41) is 13.4. The summed E-state index contributed by atoms with van der Waals surface area (Å²) < 4.78 is 6.78. The largest absolute Gasteiger partial charge is 0.479 e. The molecule has 0 aromatic carbocycles. The molecule has 0 bridgehead atoms. The van der Waals surface area contributed by atoms with Crippen molar-refractivity contribution in [2.24, 2.45) is 7.05 Å². The van der Waals surface area contributed by atoms with Crippen molar-refractivity contribution < 1.29 is 14.6 Å². The van der Waals surface area contributed by atoms with Crippen LogP contribution in [-0.2, 0) is 29.6 Å². The third kappa shape index (κ3) is 2.74. The highest BCUT2D eigenvalue weighted by atomic mass is 35.5. The van der Waals surface area contributed by atoms with Gasteiger partial charge in [-0.25, -0.2) is 4.79 Å². The second-order valence-corrected chi connectivity index (χ2v) is 3.85. The van der Waals surface area contributed by atoms with Crippen LogP contribution in [0.4, 0.5) is 0 Å². The molecule has 90 valence electrons. The van der Waals surface area contributed by atoms with Crippen LogP contribution < -0.4 is 0 Å². The molecule has 0 spiro atoms. The summed E-state index contributed by atoms with van der Waals surface area (Å²) in [6.07, 6.45) is -0.114. The molecular weight excluding hydrogens is 232 g/mol. The average Bonchev–Trinajstić information content (AvgIpc) is 2.51. The molecule has 0 saturated carbocycles. The molecule has 1 N–H and O–H groups in total. The fourth-order valence-electron chi connectivity index (χ4n) is 1.25. The normalized spacial score (nSPS) is 12.8. The second-order valence-electron chi connectivity index (χ2n) is 3.48. The van der Waals surface area contributed by atoms with Crippen molar-refractivity contribution in [3.8, 4) is 0 Å². The van der Waals surface area contributed by atoms with Crippen LogP contribution in [0.2, 0.25) is 5.02 Å². The molecule has 0 aliphatic carbocycles. The van der Waals surface area contributed by atoms with Gasteiger partial charge in [-0.05, 0) is 13.3 Å². The molecule has 0 radical (unpaired) electrons. The van der Waals surface area contributed by atoms with Crippen molar-refractivity contribution in [2.75, 3.05) is 0 Å². The number of halogens is 1. The van der Waals surface area contributed by atoms with Gasteiger partial charge in [-0.1, -0.05) is 18.5 Å². The first kappa shape index (κ1) is 13.0. The van der Waals surface area contributed by atoms with E-state index < -0.39 is 12.1 Å². The summed E-state index contributed by atoms with van der Waals surface area (Å²) in [7, 11) is 1.76. The highest BCUT2D eigenvalue weighted by molar-refractivity contribution is 6.31. The lowest BCUT2D eigenvalue weighted by Crippen LogP contribution is -2.20. The molecule has 0 aliphatic heterocycles. The molecule has 16 heavy (non-hydrogen) atoms. The first-order valence-electron chi connectivity index (χ1n) is 5.02. The number of carbonyl (C=O) groups is 1. The Labute approximate surface area is 99.0 Å². The minimum Gasteiger partial charge on any atom is -0.479 e. The van der Waals surface area contributed by atoms with Gasteiger partial charge < -0.3 is 9.84 Å². The van der Waals surface area contributed by atoms with Gasteiger partial charge in [0.05, 0.1) is 23.0 Å². The van der Waals surface area contributed by atoms with E-state index in [0.29, 0.717) is 10.7 Å². The van der Waals surface area contributed by atoms with Gasteiger partial charge in [-0.3, -0.25) is 4.68 Å². The summed E-state index contributed by atoms with van der Waals surface area (Å²) in [6.45, 7) is 3.59. The second kappa shape index (κ2) is 5.32. The maximum Gasteiger partial charge on any atom is 0.332 e. The SMILES string of the molecule is CCc1nn(C)c(COC(C)C(=O)O)c1Cl. The Balaban J connectivity index is 2.74. The molecule has 1 atom stereocenters. The van der Waals surface area contributed by atoms with Gasteiger partial charge in [-0.15, -0.1) is 0 Å². The molecular formula is C10H15ClN2O3. The Bertz CT molecular complexity index is 390. The maximum absolute atomic E-state index is 10.6. The number of aromatic nitrogens is 2. The van der Waals surface area contributed by atoms with Crippen LogP contribution in [0.25, 0.3) is 0 Å². The minimum atomic E-state index is -0.992. The smallest absolute Gasteiger partial charge is 0.332 e. The third-order valence-corrected chi connectivity index (χ3v) is 2.76. The van der Waals surface area contributed by atoms with Crippen LogP contribution in [0.5, 0.6) is 0 Å². The summed E-state index contributed by atoms with van der Waals surface area (Å²) in [5.41, 5.74) is 1.50. The number of carboxylic acid groups (broad SMARTS) is 1. The summed E-state index contributed by atoms with van der Waals surface area (Å²) in [5.74, 6) is -0.992. The van der Waals surface area contributed by atoms with E-state index in [1.165, 1.54) is 6.92 Å². The molecule has 0 amide bonds. The lowest BCUT2D eigenvalue weighted by Gasteiger charge is -2.08. The monoisotopic (exact) mass is 246 g/mol. The number of ether oxygens (including phenoxy) is 1. The predicted octanol–water partition coefficient (Wildman–Crippen LogP) is 1.63. The number of nitrogens with zero attached hydrogens (tertiary/aromatic N) is 2. The van der Waals surface area contributed by atoms with Gasteiger partial charge in [0.15, 0.2) is 6.10 Å². The van der Waals surface area contributed by atoms with E-state index in [1.54, 1.807) is 11.7 Å². The summed E-state index contributed by atoms with van der Waals surface area (Å²) in [6, 6.07) is 0. The fourth-order valence-corrected chi connectivity index (χ4v) is 1.60. The number of aliphatic carboxylic acids is 1. The number of rotatable bonds is 5. The molecule has 1 heterocycles. The Morgan fingerprint density at radius 1 is 1.69 bits per heavy atom. The molecule has 0 fully saturated rings. The first-order valence-corrected chi connectivity index (χ1v) is 5.39. The van der Waals surface area contributed by atoms with Crippen molar-refractivity contribution in [3.63, 3.8) is 0 Å². The van der Waals surface area contributed by atoms with Gasteiger partial charge in [0.1, 0.15) is 0 Å². The van der Waals surface area contributed by atoms with Crippen LogP contribution in [-0.4, -0.2) is 27.0 Å². The molecule has 1 aromatic rings. The van der Waals surface area contributed by atoms with Gasteiger partial charge in [-0.2, -0.15) is 5.10 Å². The van der Waals surface area contributed by atoms with Crippen molar-refractivity contribution in [2.45, 2.75) is 33.0 Å². The van der Waals surface area contributed by atoms with E-state index in [1.807, 2.05) is 6.92 Å². The highest BCUT2D eigenvalue weighted by Crippen LogP contribution is 2.21. The Morgan fingerprint density at radius 3 is 2.75 bits per heavy atom. The standard InChI is InChI=1S/C10H15ClN2O3/c1-4-7-9(11)8(13(3)12-7)5-16-6(2)10(14)15/h6H,4-5H2,1-3H3,(H,14,15). The topological polar surface area (TPSA) is 64.4 Å². The first-order chi connectivity index (χ1) is 7.47. The van der Waals surface area contributed by atoms with E-state index in [4.69, 9.17) is 21.4 Å². The van der Waals surface area contributed by atoms with Crippen molar-refractivity contribution in [1.82, 2.24) is 9.78 Å². The zero-order chi connectivity index (χ0) is 12.3. The van der Waals surface area contributed by atoms with Crippen LogP contribution in [0.3, 0.4) is 0 Å². The Hall–Kier alpha value is -1.07. The molecule has 1 aromatic heterocycles. The average molecular weight is 247 g/mol. The zero-order valence-electron chi connectivity index (χ0n) is 9.53. The molecule has 5 nitrogen and oxygen atoms in total. The van der Waals surface area contributed by atoms with Crippen molar-refractivity contribution in [3.05, 3.63) is 16.4 Å². The van der Waals surface area contributed by atoms with Crippen LogP contribution >= 0.6 is 11.6 Å². The zero-order valence-corrected chi connectivity index (χ0v) is 10.3. The maximum atomic E-state index is 10.6. The van der Waals surface area contributed by atoms with Crippen LogP contribution in [0.1, 0.15) is 25.2 Å². The Kier molecular flexibility index (Phi) is 4.32.